The van der Waals surface area contributed by atoms with E-state index < -0.39 is 28.5 Å². The van der Waals surface area contributed by atoms with E-state index in [4.69, 9.17) is 4.42 Å². The maximum atomic E-state index is 12.8. The molecule has 1 aliphatic rings. The van der Waals surface area contributed by atoms with E-state index in [1.165, 1.54) is 30.9 Å². The maximum absolute atomic E-state index is 12.8. The smallest absolute Gasteiger partial charge is 0.356 e. The molecule has 0 bridgehead atoms. The second-order valence-corrected chi connectivity index (χ2v) is 8.02. The molecule has 0 spiro atoms. The first-order valence-corrected chi connectivity index (χ1v) is 10.4. The van der Waals surface area contributed by atoms with Crippen LogP contribution in [0.15, 0.2) is 44.3 Å². The van der Waals surface area contributed by atoms with Crippen molar-refractivity contribution in [3.63, 3.8) is 0 Å². The molecule has 3 amide bonds. The number of hydrogen-bond donors (Lipinski definition) is 2. The fraction of sp³-hybridized carbons (Fsp3) is 0.250. The van der Waals surface area contributed by atoms with Gasteiger partial charge in [-0.1, -0.05) is 6.07 Å². The first kappa shape index (κ1) is 19.8. The molecule has 2 unspecified atom stereocenters. The molecular formula is C16H16N4O6S2. The van der Waals surface area contributed by atoms with Gasteiger partial charge in [0.15, 0.2) is 0 Å². The molecule has 3 rings (SSSR count). The summed E-state index contributed by atoms with van der Waals surface area (Å²) in [5.74, 6) is -1.09. The summed E-state index contributed by atoms with van der Waals surface area (Å²) in [5.41, 5.74) is -2.02. The Balaban J connectivity index is 1.86. The molecule has 2 aromatic heterocycles. The highest BCUT2D eigenvalue weighted by Gasteiger charge is 2.53. The lowest BCUT2D eigenvalue weighted by Crippen LogP contribution is -2.61. The maximum Gasteiger partial charge on any atom is 0.356 e. The number of nitrogens with one attached hydrogen (secondary N) is 1. The van der Waals surface area contributed by atoms with E-state index in [-0.39, 0.29) is 24.4 Å². The van der Waals surface area contributed by atoms with Gasteiger partial charge in [-0.15, -0.1) is 11.3 Å². The Morgan fingerprint density at radius 3 is 2.86 bits per heavy atom. The normalized spacial score (nSPS) is 17.7. The molecule has 0 radical (unpaired) electrons. The molecule has 10 nitrogen and oxygen atoms in total. The summed E-state index contributed by atoms with van der Waals surface area (Å²) in [7, 11) is -1.21. The van der Waals surface area contributed by atoms with Gasteiger partial charge in [0.25, 0.3) is 5.66 Å². The van der Waals surface area contributed by atoms with Gasteiger partial charge in [-0.05, 0) is 11.4 Å². The van der Waals surface area contributed by atoms with Gasteiger partial charge >= 0.3 is 12.0 Å². The molecule has 12 heteroatoms. The second kappa shape index (κ2) is 7.94. The van der Waals surface area contributed by atoms with E-state index in [2.05, 4.69) is 10.4 Å². The van der Waals surface area contributed by atoms with Gasteiger partial charge in [-0.2, -0.15) is 5.10 Å². The largest absolute Gasteiger partial charge is 0.478 e. The van der Waals surface area contributed by atoms with Crippen LogP contribution in [0.2, 0.25) is 0 Å². The van der Waals surface area contributed by atoms with Crippen molar-refractivity contribution in [2.75, 3.05) is 19.3 Å². The number of amides is 3. The van der Waals surface area contributed by atoms with Crippen molar-refractivity contribution >= 4 is 46.8 Å². The highest BCUT2D eigenvalue weighted by Crippen LogP contribution is 2.33. The zero-order valence-electron chi connectivity index (χ0n) is 14.6. The average Bonchev–Trinajstić information content (AvgIpc) is 3.39. The highest BCUT2D eigenvalue weighted by molar-refractivity contribution is 7.84. The van der Waals surface area contributed by atoms with E-state index in [0.29, 0.717) is 10.7 Å². The summed E-state index contributed by atoms with van der Waals surface area (Å²) < 4.78 is 16.6. The van der Waals surface area contributed by atoms with E-state index in [9.17, 15) is 23.7 Å². The van der Waals surface area contributed by atoms with Crippen molar-refractivity contribution in [1.29, 1.82) is 0 Å². The molecule has 2 aromatic rings. The van der Waals surface area contributed by atoms with Gasteiger partial charge < -0.3 is 14.8 Å². The SMILES string of the molecule is CS(=O)c1coc(C=NN2CCN(C(NC=O)(C(=O)O)c3cccs3)C2=O)c1. The van der Waals surface area contributed by atoms with Crippen LogP contribution in [0.4, 0.5) is 4.79 Å². The van der Waals surface area contributed by atoms with Crippen LogP contribution in [0.5, 0.6) is 0 Å². The van der Waals surface area contributed by atoms with Gasteiger partial charge in [0.2, 0.25) is 6.41 Å². The zero-order valence-corrected chi connectivity index (χ0v) is 16.2. The van der Waals surface area contributed by atoms with Crippen molar-refractivity contribution in [2.24, 2.45) is 5.10 Å². The minimum atomic E-state index is -2.02. The predicted molar refractivity (Wildman–Crippen MR) is 100 cm³/mol. The number of carboxylic acid groups (broad SMARTS) is 1. The zero-order chi connectivity index (χ0) is 20.3. The van der Waals surface area contributed by atoms with Crippen molar-refractivity contribution in [2.45, 2.75) is 10.6 Å². The molecule has 0 aliphatic carbocycles. The van der Waals surface area contributed by atoms with Crippen molar-refractivity contribution in [3.05, 3.63) is 40.5 Å². The van der Waals surface area contributed by atoms with E-state index >= 15 is 0 Å². The lowest BCUT2D eigenvalue weighted by molar-refractivity contribution is -0.153. The third kappa shape index (κ3) is 3.43. The van der Waals surface area contributed by atoms with Crippen LogP contribution >= 0.6 is 11.3 Å². The topological polar surface area (TPSA) is 133 Å². The van der Waals surface area contributed by atoms with Gasteiger partial charge in [0, 0.05) is 18.9 Å². The van der Waals surface area contributed by atoms with Crippen LogP contribution in [0.25, 0.3) is 0 Å². The van der Waals surface area contributed by atoms with Crippen molar-refractivity contribution in [1.82, 2.24) is 15.2 Å². The van der Waals surface area contributed by atoms with Crippen LogP contribution in [-0.4, -0.2) is 63.2 Å². The molecule has 3 heterocycles. The van der Waals surface area contributed by atoms with E-state index in [1.54, 1.807) is 11.4 Å². The number of nitrogens with zero attached hydrogens (tertiary/aromatic N) is 3. The lowest BCUT2D eigenvalue weighted by atomic mass is 10.1. The van der Waals surface area contributed by atoms with E-state index in [0.717, 1.165) is 21.2 Å². The standard InChI is InChI=1S/C16H16N4O6S2/c1-28(25)12-7-11(26-9-12)8-18-20-5-4-19(15(20)24)16(14(22)23,17-10-21)13-3-2-6-27-13/h2-3,6-10H,4-5H2,1H3,(H,17,21)(H,22,23). The Kier molecular flexibility index (Phi) is 5.61. The van der Waals surface area contributed by atoms with Gasteiger partial charge in [0.05, 0.1) is 33.3 Å². The number of aliphatic carboxylic acids is 1. The predicted octanol–water partition coefficient (Wildman–Crippen LogP) is 0.834. The van der Waals surface area contributed by atoms with Crippen LogP contribution in [0.1, 0.15) is 10.6 Å². The molecule has 28 heavy (non-hydrogen) atoms. The van der Waals surface area contributed by atoms with Crippen molar-refractivity contribution in [3.8, 4) is 0 Å². The van der Waals surface area contributed by atoms with E-state index in [1.807, 2.05) is 0 Å². The Labute approximate surface area is 165 Å². The molecule has 148 valence electrons. The number of thiophene rings is 1. The molecule has 1 fully saturated rings. The van der Waals surface area contributed by atoms with Crippen molar-refractivity contribution < 1.29 is 28.1 Å². The third-order valence-corrected chi connectivity index (χ3v) is 5.96. The van der Waals surface area contributed by atoms with Gasteiger partial charge in [-0.3, -0.25) is 13.9 Å². The summed E-state index contributed by atoms with van der Waals surface area (Å²) in [4.78, 5) is 37.8. The number of rotatable bonds is 8. The number of urea groups is 1. The monoisotopic (exact) mass is 424 g/mol. The Hall–Kier alpha value is -2.99. The van der Waals surface area contributed by atoms with Gasteiger partial charge in [-0.25, -0.2) is 14.6 Å². The first-order chi connectivity index (χ1) is 13.4. The fourth-order valence-corrected chi connectivity index (χ4v) is 4.11. The minimum Gasteiger partial charge on any atom is -0.478 e. The Morgan fingerprint density at radius 2 is 2.29 bits per heavy atom. The number of carbonyl (C=O) groups is 3. The average molecular weight is 424 g/mol. The van der Waals surface area contributed by atoms with Crippen LogP contribution in [0.3, 0.4) is 0 Å². The molecule has 1 aliphatic heterocycles. The minimum absolute atomic E-state index is 0.0313. The number of furan rings is 1. The molecule has 1 saturated heterocycles. The number of hydrazone groups is 1. The molecule has 0 saturated carbocycles. The summed E-state index contributed by atoms with van der Waals surface area (Å²) in [6, 6.07) is 4.00. The fourth-order valence-electron chi connectivity index (χ4n) is 2.76. The van der Waals surface area contributed by atoms with Crippen LogP contribution in [-0.2, 0) is 26.1 Å². The van der Waals surface area contributed by atoms with Crippen LogP contribution in [0, 0.1) is 0 Å². The molecule has 2 N–H and O–H groups in total. The summed E-state index contributed by atoms with van der Waals surface area (Å²) >= 11 is 1.11. The summed E-state index contributed by atoms with van der Waals surface area (Å²) in [6.07, 6.45) is 4.36. The summed E-state index contributed by atoms with van der Waals surface area (Å²) in [6.45, 7) is 0.146. The third-order valence-electron chi connectivity index (χ3n) is 4.10. The highest BCUT2D eigenvalue weighted by atomic mass is 32.2. The number of carboxylic acids is 1. The Bertz CT molecular complexity index is 941. The lowest BCUT2D eigenvalue weighted by Gasteiger charge is -2.35. The molecule has 2 atom stereocenters. The molecular weight excluding hydrogens is 408 g/mol. The second-order valence-electron chi connectivity index (χ2n) is 5.70. The first-order valence-electron chi connectivity index (χ1n) is 7.94. The number of carbonyl (C=O) groups excluding carboxylic acids is 2. The van der Waals surface area contributed by atoms with Gasteiger partial charge in [0.1, 0.15) is 12.0 Å². The number of hydrogen-bond acceptors (Lipinski definition) is 7. The molecule has 0 aromatic carbocycles. The summed E-state index contributed by atoms with van der Waals surface area (Å²) in [5, 5.41) is 18.9. The Morgan fingerprint density at radius 1 is 1.50 bits per heavy atom. The quantitative estimate of drug-likeness (QED) is 0.477. The van der Waals surface area contributed by atoms with Crippen LogP contribution < -0.4 is 5.32 Å².